The Morgan fingerprint density at radius 2 is 2.07 bits per heavy atom. The monoisotopic (exact) mass is 194 g/mol. The zero-order valence-corrected chi connectivity index (χ0v) is 9.88. The third kappa shape index (κ3) is 4.03. The summed E-state index contributed by atoms with van der Waals surface area (Å²) in [5.74, 6) is 1.78. The molecular weight excluding hydrogens is 172 g/mol. The third-order valence-corrected chi connectivity index (χ3v) is 2.57. The van der Waals surface area contributed by atoms with E-state index in [1.165, 1.54) is 25.0 Å². The lowest BCUT2D eigenvalue weighted by molar-refractivity contribution is 0.502. The Morgan fingerprint density at radius 3 is 2.64 bits per heavy atom. The smallest absolute Gasteiger partial charge is 0.120 e. The summed E-state index contributed by atoms with van der Waals surface area (Å²) in [6.07, 6.45) is 4.91. The van der Waals surface area contributed by atoms with Crippen LogP contribution in [0.2, 0.25) is 0 Å². The summed E-state index contributed by atoms with van der Waals surface area (Å²) in [6, 6.07) is 0.506. The van der Waals surface area contributed by atoms with Gasteiger partial charge >= 0.3 is 0 Å². The molecule has 0 aromatic heterocycles. The molecule has 0 aliphatic carbocycles. The van der Waals surface area contributed by atoms with Crippen molar-refractivity contribution >= 4 is 11.5 Å². The minimum Gasteiger partial charge on any atom is -0.267 e. The zero-order valence-electron chi connectivity index (χ0n) is 9.88. The molecule has 0 saturated heterocycles. The standard InChI is InChI=1S/C12H22N2/c1-9(2)6-5-7-12-8-10(3)13-11(4)14-12/h9,12H,5-8H2,1-4H3. The van der Waals surface area contributed by atoms with E-state index in [4.69, 9.17) is 0 Å². The van der Waals surface area contributed by atoms with Gasteiger partial charge in [0.15, 0.2) is 0 Å². The van der Waals surface area contributed by atoms with Crippen molar-refractivity contribution in [3.8, 4) is 0 Å². The van der Waals surface area contributed by atoms with Crippen LogP contribution < -0.4 is 0 Å². The number of hydrogen-bond acceptors (Lipinski definition) is 2. The first-order valence-corrected chi connectivity index (χ1v) is 5.66. The molecule has 2 heteroatoms. The number of amidine groups is 1. The van der Waals surface area contributed by atoms with Crippen LogP contribution in [-0.2, 0) is 0 Å². The Morgan fingerprint density at radius 1 is 1.36 bits per heavy atom. The molecule has 1 heterocycles. The maximum Gasteiger partial charge on any atom is 0.120 e. The van der Waals surface area contributed by atoms with Crippen LogP contribution in [0.4, 0.5) is 0 Å². The Bertz CT molecular complexity index is 239. The van der Waals surface area contributed by atoms with Gasteiger partial charge in [0.2, 0.25) is 0 Å². The fourth-order valence-corrected chi connectivity index (χ4v) is 1.93. The van der Waals surface area contributed by atoms with Crippen molar-refractivity contribution in [2.45, 2.75) is 59.4 Å². The van der Waals surface area contributed by atoms with Gasteiger partial charge in [-0.25, -0.2) is 4.99 Å². The topological polar surface area (TPSA) is 24.7 Å². The Kier molecular flexibility index (Phi) is 4.30. The molecule has 80 valence electrons. The van der Waals surface area contributed by atoms with Crippen LogP contribution in [0.5, 0.6) is 0 Å². The SMILES string of the molecule is CC1=NC(C)=NC(CCCC(C)C)C1. The highest BCUT2D eigenvalue weighted by Crippen LogP contribution is 2.16. The summed E-state index contributed by atoms with van der Waals surface area (Å²) in [7, 11) is 0. The predicted molar refractivity (Wildman–Crippen MR) is 63.3 cm³/mol. The van der Waals surface area contributed by atoms with Crippen molar-refractivity contribution in [1.82, 2.24) is 0 Å². The van der Waals surface area contributed by atoms with E-state index in [-0.39, 0.29) is 0 Å². The molecule has 1 aliphatic heterocycles. The quantitative estimate of drug-likeness (QED) is 0.654. The van der Waals surface area contributed by atoms with E-state index < -0.39 is 0 Å². The lowest BCUT2D eigenvalue weighted by atomic mass is 9.99. The van der Waals surface area contributed by atoms with Gasteiger partial charge < -0.3 is 0 Å². The number of hydrogen-bond donors (Lipinski definition) is 0. The molecule has 0 bridgehead atoms. The van der Waals surface area contributed by atoms with E-state index in [2.05, 4.69) is 30.8 Å². The summed E-state index contributed by atoms with van der Waals surface area (Å²) < 4.78 is 0. The van der Waals surface area contributed by atoms with E-state index in [0.717, 1.165) is 18.2 Å². The molecule has 0 radical (unpaired) electrons. The average molecular weight is 194 g/mol. The number of aliphatic imine (C=N–C) groups is 2. The minimum absolute atomic E-state index is 0.506. The first kappa shape index (κ1) is 11.4. The summed E-state index contributed by atoms with van der Waals surface area (Å²) in [5.41, 5.74) is 1.24. The van der Waals surface area contributed by atoms with Crippen LogP contribution in [-0.4, -0.2) is 17.6 Å². The minimum atomic E-state index is 0.506. The van der Waals surface area contributed by atoms with Gasteiger partial charge in [-0.15, -0.1) is 0 Å². The second-order valence-electron chi connectivity index (χ2n) is 4.71. The summed E-state index contributed by atoms with van der Waals surface area (Å²) in [6.45, 7) is 8.66. The molecule has 0 spiro atoms. The van der Waals surface area contributed by atoms with Crippen LogP contribution in [0.3, 0.4) is 0 Å². The second-order valence-corrected chi connectivity index (χ2v) is 4.71. The van der Waals surface area contributed by atoms with Gasteiger partial charge in [0, 0.05) is 12.1 Å². The van der Waals surface area contributed by atoms with E-state index in [0.29, 0.717) is 6.04 Å². The molecule has 1 aliphatic rings. The molecule has 0 amide bonds. The van der Waals surface area contributed by atoms with E-state index in [1.807, 2.05) is 6.92 Å². The van der Waals surface area contributed by atoms with E-state index in [9.17, 15) is 0 Å². The van der Waals surface area contributed by atoms with Crippen molar-refractivity contribution in [3.63, 3.8) is 0 Å². The Labute approximate surface area is 87.5 Å². The normalized spacial score (nSPS) is 22.2. The van der Waals surface area contributed by atoms with Crippen LogP contribution >= 0.6 is 0 Å². The zero-order chi connectivity index (χ0) is 10.6. The van der Waals surface area contributed by atoms with Crippen molar-refractivity contribution in [2.75, 3.05) is 0 Å². The maximum atomic E-state index is 4.56. The van der Waals surface area contributed by atoms with Crippen LogP contribution in [0.25, 0.3) is 0 Å². The van der Waals surface area contributed by atoms with E-state index in [1.54, 1.807) is 0 Å². The average Bonchev–Trinajstić information content (AvgIpc) is 2.01. The molecule has 0 N–H and O–H groups in total. The van der Waals surface area contributed by atoms with Crippen molar-refractivity contribution < 1.29 is 0 Å². The summed E-state index contributed by atoms with van der Waals surface area (Å²) in [4.78, 5) is 8.90. The highest BCUT2D eigenvalue weighted by Gasteiger charge is 2.13. The first-order valence-electron chi connectivity index (χ1n) is 5.66. The lowest BCUT2D eigenvalue weighted by Gasteiger charge is -2.17. The fourth-order valence-electron chi connectivity index (χ4n) is 1.93. The van der Waals surface area contributed by atoms with Crippen molar-refractivity contribution in [1.29, 1.82) is 0 Å². The molecular formula is C12H22N2. The van der Waals surface area contributed by atoms with Gasteiger partial charge in [0.1, 0.15) is 5.84 Å². The second kappa shape index (κ2) is 5.28. The Balaban J connectivity index is 2.30. The van der Waals surface area contributed by atoms with Crippen molar-refractivity contribution in [3.05, 3.63) is 0 Å². The maximum absolute atomic E-state index is 4.56. The highest BCUT2D eigenvalue weighted by atomic mass is 15.0. The van der Waals surface area contributed by atoms with Gasteiger partial charge in [-0.1, -0.05) is 26.7 Å². The van der Waals surface area contributed by atoms with E-state index >= 15 is 0 Å². The molecule has 0 aromatic carbocycles. The largest absolute Gasteiger partial charge is 0.267 e. The van der Waals surface area contributed by atoms with Gasteiger partial charge in [-0.3, -0.25) is 4.99 Å². The van der Waals surface area contributed by atoms with Crippen LogP contribution in [0, 0.1) is 5.92 Å². The highest BCUT2D eigenvalue weighted by molar-refractivity contribution is 5.98. The van der Waals surface area contributed by atoms with Gasteiger partial charge in [0.05, 0.1) is 6.04 Å². The number of nitrogens with zero attached hydrogens (tertiary/aromatic N) is 2. The molecule has 0 aromatic rings. The van der Waals surface area contributed by atoms with Crippen LogP contribution in [0.15, 0.2) is 9.98 Å². The lowest BCUT2D eigenvalue weighted by Crippen LogP contribution is -2.17. The van der Waals surface area contributed by atoms with Gasteiger partial charge in [-0.2, -0.15) is 0 Å². The predicted octanol–water partition coefficient (Wildman–Crippen LogP) is 3.46. The fraction of sp³-hybridized carbons (Fsp3) is 0.833. The van der Waals surface area contributed by atoms with Gasteiger partial charge in [-0.05, 0) is 26.2 Å². The molecule has 0 fully saturated rings. The molecule has 14 heavy (non-hydrogen) atoms. The molecule has 2 nitrogen and oxygen atoms in total. The van der Waals surface area contributed by atoms with Gasteiger partial charge in [0.25, 0.3) is 0 Å². The number of rotatable bonds is 4. The third-order valence-electron chi connectivity index (χ3n) is 2.57. The summed E-state index contributed by atoms with van der Waals surface area (Å²) in [5, 5.41) is 0. The molecule has 1 rings (SSSR count). The molecule has 1 atom stereocenters. The first-order chi connectivity index (χ1) is 6.58. The summed E-state index contributed by atoms with van der Waals surface area (Å²) >= 11 is 0. The Hall–Kier alpha value is -0.660. The molecule has 1 unspecified atom stereocenters. The molecule has 0 saturated carbocycles. The van der Waals surface area contributed by atoms with Crippen LogP contribution in [0.1, 0.15) is 53.4 Å². The van der Waals surface area contributed by atoms with Crippen molar-refractivity contribution in [2.24, 2.45) is 15.9 Å².